The van der Waals surface area contributed by atoms with E-state index in [-0.39, 0.29) is 16.8 Å². The average Bonchev–Trinajstić information content (AvgIpc) is 2.73. The number of rotatable bonds is 10. The monoisotopic (exact) mass is 395 g/mol. The molecule has 0 aliphatic carbocycles. The van der Waals surface area contributed by atoms with Crippen molar-refractivity contribution in [2.24, 2.45) is 0 Å². The van der Waals surface area contributed by atoms with Crippen LogP contribution in [0.15, 0.2) is 51.8 Å². The molecule has 0 unspecified atom stereocenters. The van der Waals surface area contributed by atoms with Gasteiger partial charge in [0.25, 0.3) is 0 Å². The number of ether oxygens (including phenoxy) is 1. The number of hydrogen-bond acceptors (Lipinski definition) is 5. The molecule has 0 spiro atoms. The zero-order valence-electron chi connectivity index (χ0n) is 16.5. The second-order valence-electron chi connectivity index (χ2n) is 6.93. The molecular weight excluding hydrogens is 370 g/mol. The minimum atomic E-state index is -1.32. The van der Waals surface area contributed by atoms with E-state index >= 15 is 0 Å². The normalized spacial score (nSPS) is 10.9. The van der Waals surface area contributed by atoms with Crippen molar-refractivity contribution in [1.29, 1.82) is 0 Å². The van der Waals surface area contributed by atoms with E-state index < -0.39 is 17.2 Å². The van der Waals surface area contributed by atoms with Crippen molar-refractivity contribution in [2.75, 3.05) is 6.61 Å². The third kappa shape index (κ3) is 5.02. The van der Waals surface area contributed by atoms with E-state index in [2.05, 4.69) is 11.9 Å². The minimum absolute atomic E-state index is 0.0497. The molecule has 1 aromatic carbocycles. The summed E-state index contributed by atoms with van der Waals surface area (Å²) in [5.74, 6) is -1.19. The first-order chi connectivity index (χ1) is 14.1. The fourth-order valence-corrected chi connectivity index (χ4v) is 3.23. The molecule has 6 nitrogen and oxygen atoms in total. The van der Waals surface area contributed by atoms with E-state index in [9.17, 15) is 14.7 Å². The third-order valence-corrected chi connectivity index (χ3v) is 4.75. The van der Waals surface area contributed by atoms with Crippen LogP contribution in [0.1, 0.15) is 56.0 Å². The average molecular weight is 395 g/mol. The number of carbonyl (C=O) groups is 1. The van der Waals surface area contributed by atoms with Crippen LogP contribution in [0, 0.1) is 0 Å². The number of fused-ring (bicyclic) bond motifs is 1. The van der Waals surface area contributed by atoms with Gasteiger partial charge in [0.15, 0.2) is 0 Å². The Hall–Kier alpha value is -3.15. The Morgan fingerprint density at radius 1 is 1.10 bits per heavy atom. The predicted octanol–water partition coefficient (Wildman–Crippen LogP) is 5.29. The molecule has 2 aromatic heterocycles. The number of nitrogens with zero attached hydrogens (tertiary/aromatic N) is 1. The Labute approximate surface area is 169 Å². The maximum absolute atomic E-state index is 12.9. The Morgan fingerprint density at radius 2 is 1.90 bits per heavy atom. The molecule has 0 amide bonds. The van der Waals surface area contributed by atoms with Gasteiger partial charge in [-0.15, -0.1) is 0 Å². The highest BCUT2D eigenvalue weighted by Crippen LogP contribution is 2.26. The van der Waals surface area contributed by atoms with Gasteiger partial charge in [-0.1, -0.05) is 45.1 Å². The van der Waals surface area contributed by atoms with Gasteiger partial charge in [0.2, 0.25) is 11.2 Å². The quantitative estimate of drug-likeness (QED) is 0.469. The fraction of sp³-hybridized carbons (Fsp3) is 0.348. The van der Waals surface area contributed by atoms with E-state index in [0.717, 1.165) is 12.8 Å². The first-order valence-corrected chi connectivity index (χ1v) is 10.00. The maximum atomic E-state index is 12.9. The number of carboxylic acids is 1. The SMILES string of the molecule is CCCCCCCCOc1ccc2c(=O)c(-c3ccccn3)c(C(=O)O)oc2c1. The van der Waals surface area contributed by atoms with Gasteiger partial charge in [0.1, 0.15) is 11.3 Å². The summed E-state index contributed by atoms with van der Waals surface area (Å²) < 4.78 is 11.3. The topological polar surface area (TPSA) is 89.6 Å². The Kier molecular flexibility index (Phi) is 7.00. The zero-order chi connectivity index (χ0) is 20.6. The molecule has 3 rings (SSSR count). The highest BCUT2D eigenvalue weighted by molar-refractivity contribution is 5.96. The van der Waals surface area contributed by atoms with Crippen molar-refractivity contribution in [3.63, 3.8) is 0 Å². The van der Waals surface area contributed by atoms with Crippen LogP contribution in [0.2, 0.25) is 0 Å². The van der Waals surface area contributed by atoms with Gasteiger partial charge < -0.3 is 14.3 Å². The second kappa shape index (κ2) is 9.87. The van der Waals surface area contributed by atoms with E-state index in [0.29, 0.717) is 17.7 Å². The van der Waals surface area contributed by atoms with Crippen LogP contribution < -0.4 is 10.2 Å². The first kappa shape index (κ1) is 20.6. The number of hydrogen-bond donors (Lipinski definition) is 1. The summed E-state index contributed by atoms with van der Waals surface area (Å²) in [6, 6.07) is 9.86. The smallest absolute Gasteiger partial charge is 0.372 e. The van der Waals surface area contributed by atoms with Gasteiger partial charge in [-0.2, -0.15) is 0 Å². The highest BCUT2D eigenvalue weighted by atomic mass is 16.5. The van der Waals surface area contributed by atoms with E-state index in [1.165, 1.54) is 31.9 Å². The molecule has 0 saturated heterocycles. The van der Waals surface area contributed by atoms with Crippen LogP contribution in [0.4, 0.5) is 0 Å². The lowest BCUT2D eigenvalue weighted by atomic mass is 10.1. The van der Waals surface area contributed by atoms with Gasteiger partial charge in [-0.25, -0.2) is 4.79 Å². The molecule has 3 aromatic rings. The van der Waals surface area contributed by atoms with Crippen LogP contribution in [-0.4, -0.2) is 22.7 Å². The second-order valence-corrected chi connectivity index (χ2v) is 6.93. The van der Waals surface area contributed by atoms with Crippen LogP contribution in [0.5, 0.6) is 5.75 Å². The highest BCUT2D eigenvalue weighted by Gasteiger charge is 2.22. The van der Waals surface area contributed by atoms with Crippen LogP contribution in [0.3, 0.4) is 0 Å². The molecule has 6 heteroatoms. The van der Waals surface area contributed by atoms with Crippen molar-refractivity contribution in [3.8, 4) is 17.0 Å². The molecule has 2 heterocycles. The van der Waals surface area contributed by atoms with Crippen molar-refractivity contribution in [2.45, 2.75) is 45.4 Å². The maximum Gasteiger partial charge on any atom is 0.372 e. The van der Waals surface area contributed by atoms with E-state index in [1.54, 1.807) is 36.4 Å². The molecule has 0 saturated carbocycles. The van der Waals surface area contributed by atoms with Crippen LogP contribution in [-0.2, 0) is 0 Å². The van der Waals surface area contributed by atoms with Crippen molar-refractivity contribution in [3.05, 3.63) is 58.6 Å². The molecule has 0 aliphatic rings. The van der Waals surface area contributed by atoms with Crippen molar-refractivity contribution >= 4 is 16.9 Å². The zero-order valence-corrected chi connectivity index (χ0v) is 16.5. The lowest BCUT2D eigenvalue weighted by Crippen LogP contribution is -2.13. The number of carboxylic acid groups (broad SMARTS) is 1. The molecule has 1 N–H and O–H groups in total. The van der Waals surface area contributed by atoms with E-state index in [1.807, 2.05) is 0 Å². The molecule has 0 aliphatic heterocycles. The Balaban J connectivity index is 1.83. The summed E-state index contributed by atoms with van der Waals surface area (Å²) in [5, 5.41) is 9.84. The molecule has 0 atom stereocenters. The first-order valence-electron chi connectivity index (χ1n) is 10.00. The van der Waals surface area contributed by atoms with Gasteiger partial charge in [-0.05, 0) is 30.7 Å². The number of pyridine rings is 1. The van der Waals surface area contributed by atoms with Crippen molar-refractivity contribution in [1.82, 2.24) is 4.98 Å². The fourth-order valence-electron chi connectivity index (χ4n) is 3.23. The molecule has 29 heavy (non-hydrogen) atoms. The summed E-state index contributed by atoms with van der Waals surface area (Å²) in [6.07, 6.45) is 8.49. The number of unbranched alkanes of at least 4 members (excludes halogenated alkanes) is 5. The summed E-state index contributed by atoms with van der Waals surface area (Å²) in [4.78, 5) is 28.8. The lowest BCUT2D eigenvalue weighted by molar-refractivity contribution is 0.0664. The molecule has 0 fully saturated rings. The molecule has 0 bridgehead atoms. The number of aromatic nitrogens is 1. The summed E-state index contributed by atoms with van der Waals surface area (Å²) in [7, 11) is 0. The Morgan fingerprint density at radius 3 is 2.62 bits per heavy atom. The van der Waals surface area contributed by atoms with Gasteiger partial charge in [-0.3, -0.25) is 9.78 Å². The standard InChI is InChI=1S/C23H25NO5/c1-2-3-4-5-6-9-14-28-16-11-12-17-19(15-16)29-22(23(26)27)20(21(17)25)18-10-7-8-13-24-18/h7-8,10-13,15H,2-6,9,14H2,1H3,(H,26,27). The molecule has 0 radical (unpaired) electrons. The number of aromatic carboxylic acids is 1. The van der Waals surface area contributed by atoms with Crippen LogP contribution >= 0.6 is 0 Å². The van der Waals surface area contributed by atoms with Gasteiger partial charge in [0.05, 0.1) is 23.3 Å². The predicted molar refractivity (Wildman–Crippen MR) is 112 cm³/mol. The van der Waals surface area contributed by atoms with Crippen LogP contribution in [0.25, 0.3) is 22.2 Å². The van der Waals surface area contributed by atoms with E-state index in [4.69, 9.17) is 9.15 Å². The molecule has 152 valence electrons. The third-order valence-electron chi connectivity index (χ3n) is 4.75. The minimum Gasteiger partial charge on any atom is -0.493 e. The summed E-state index contributed by atoms with van der Waals surface area (Å²) in [6.45, 7) is 2.76. The van der Waals surface area contributed by atoms with Gasteiger partial charge >= 0.3 is 5.97 Å². The largest absolute Gasteiger partial charge is 0.493 e. The Bertz CT molecular complexity index is 1030. The number of benzene rings is 1. The van der Waals surface area contributed by atoms with Gasteiger partial charge in [0, 0.05) is 12.3 Å². The summed E-state index contributed by atoms with van der Waals surface area (Å²) in [5.41, 5.74) is -0.0207. The lowest BCUT2D eigenvalue weighted by Gasteiger charge is -2.09. The van der Waals surface area contributed by atoms with Crippen molar-refractivity contribution < 1.29 is 19.1 Å². The molecular formula is C23H25NO5. The summed E-state index contributed by atoms with van der Waals surface area (Å²) >= 11 is 0.